The second kappa shape index (κ2) is 5.16. The fourth-order valence-electron chi connectivity index (χ4n) is 0.608. The molecule has 7 heteroatoms. The molecule has 6 nitrogen and oxygen atoms in total. The van der Waals surface area contributed by atoms with Gasteiger partial charge in [-0.1, -0.05) is 16.9 Å². The molecular weight excluding hydrogens is 190 g/mol. The van der Waals surface area contributed by atoms with Crippen molar-refractivity contribution in [2.24, 2.45) is 4.99 Å². The van der Waals surface area contributed by atoms with E-state index in [0.29, 0.717) is 17.5 Å². The van der Waals surface area contributed by atoms with E-state index >= 15 is 0 Å². The Kier molecular flexibility index (Phi) is 3.78. The van der Waals surface area contributed by atoms with Gasteiger partial charge in [-0.2, -0.15) is 10.2 Å². The fraction of sp³-hybridized carbons (Fsp3) is 0.333. The van der Waals surface area contributed by atoms with Crippen LogP contribution in [0.1, 0.15) is 5.82 Å². The van der Waals surface area contributed by atoms with Crippen molar-refractivity contribution in [3.63, 3.8) is 0 Å². The minimum absolute atomic E-state index is 0.307. The van der Waals surface area contributed by atoms with Gasteiger partial charge in [0.2, 0.25) is 6.39 Å². The summed E-state index contributed by atoms with van der Waals surface area (Å²) in [6, 6.07) is 0. The van der Waals surface area contributed by atoms with Gasteiger partial charge in [0.05, 0.1) is 0 Å². The molecular formula is C6H7N5OS. The molecule has 0 aliphatic rings. The van der Waals surface area contributed by atoms with Gasteiger partial charge in [-0.15, -0.1) is 0 Å². The van der Waals surface area contributed by atoms with Crippen LogP contribution in [-0.4, -0.2) is 21.6 Å². The van der Waals surface area contributed by atoms with Gasteiger partial charge in [0, 0.05) is 0 Å². The summed E-state index contributed by atoms with van der Waals surface area (Å²) in [5.41, 5.74) is 0. The molecule has 0 bridgehead atoms. The zero-order valence-electron chi connectivity index (χ0n) is 6.89. The zero-order valence-corrected chi connectivity index (χ0v) is 7.71. The average molecular weight is 197 g/mol. The highest BCUT2D eigenvalue weighted by Crippen LogP contribution is 1.98. The van der Waals surface area contributed by atoms with Crippen LogP contribution in [0.15, 0.2) is 15.9 Å². The third kappa shape index (κ3) is 3.13. The molecule has 1 heterocycles. The highest BCUT2D eigenvalue weighted by molar-refractivity contribution is 8.13. The molecule has 0 amide bonds. The Bertz CT molecular complexity index is 314. The molecule has 0 atom stereocenters. The molecule has 1 rings (SSSR count). The quantitative estimate of drug-likeness (QED) is 0.319. The van der Waals surface area contributed by atoms with Crippen molar-refractivity contribution in [3.05, 3.63) is 12.2 Å². The van der Waals surface area contributed by atoms with Crippen LogP contribution >= 0.6 is 11.8 Å². The highest BCUT2D eigenvalue weighted by atomic mass is 32.2. The maximum absolute atomic E-state index is 8.32. The Morgan fingerprint density at radius 3 is 3.31 bits per heavy atom. The van der Waals surface area contributed by atoms with Crippen molar-refractivity contribution in [1.82, 2.24) is 15.5 Å². The largest absolute Gasteiger partial charge is 0.343 e. The molecule has 13 heavy (non-hydrogen) atoms. The summed E-state index contributed by atoms with van der Waals surface area (Å²) in [7, 11) is 0. The zero-order chi connectivity index (χ0) is 9.52. The molecule has 1 N–H and O–H groups in total. The van der Waals surface area contributed by atoms with Gasteiger partial charge in [-0.05, 0) is 6.26 Å². The van der Waals surface area contributed by atoms with Gasteiger partial charge >= 0.3 is 0 Å². The van der Waals surface area contributed by atoms with E-state index in [2.05, 4.69) is 25.0 Å². The van der Waals surface area contributed by atoms with E-state index in [1.54, 1.807) is 6.19 Å². The van der Waals surface area contributed by atoms with Gasteiger partial charge in [0.1, 0.15) is 6.54 Å². The second-order valence-electron chi connectivity index (χ2n) is 1.91. The van der Waals surface area contributed by atoms with E-state index < -0.39 is 0 Å². The summed E-state index contributed by atoms with van der Waals surface area (Å²) in [5, 5.41) is 14.9. The summed E-state index contributed by atoms with van der Waals surface area (Å²) >= 11 is 1.35. The van der Waals surface area contributed by atoms with Gasteiger partial charge in [-0.3, -0.25) is 10.3 Å². The van der Waals surface area contributed by atoms with Crippen molar-refractivity contribution >= 4 is 16.9 Å². The summed E-state index contributed by atoms with van der Waals surface area (Å²) in [6.07, 6.45) is 4.84. The number of hydrogen-bond donors (Lipinski definition) is 1. The van der Waals surface area contributed by atoms with Gasteiger partial charge in [0.25, 0.3) is 0 Å². The van der Waals surface area contributed by atoms with E-state index in [4.69, 9.17) is 5.26 Å². The first-order valence-corrected chi connectivity index (χ1v) is 4.58. The van der Waals surface area contributed by atoms with Crippen molar-refractivity contribution in [3.8, 4) is 6.19 Å². The molecule has 0 unspecified atom stereocenters. The minimum Gasteiger partial charge on any atom is -0.343 e. The lowest BCUT2D eigenvalue weighted by Gasteiger charge is -1.96. The molecule has 68 valence electrons. The van der Waals surface area contributed by atoms with Gasteiger partial charge in [0.15, 0.2) is 17.2 Å². The maximum atomic E-state index is 8.32. The Hall–Kier alpha value is -1.55. The van der Waals surface area contributed by atoms with Crippen molar-refractivity contribution in [2.75, 3.05) is 6.26 Å². The predicted molar refractivity (Wildman–Crippen MR) is 47.7 cm³/mol. The number of nitrogens with one attached hydrogen (secondary N) is 1. The number of hydrogen-bond acceptors (Lipinski definition) is 6. The highest BCUT2D eigenvalue weighted by Gasteiger charge is 1.98. The first kappa shape index (κ1) is 9.54. The molecule has 0 saturated heterocycles. The molecule has 0 aliphatic heterocycles. The minimum atomic E-state index is 0.307. The summed E-state index contributed by atoms with van der Waals surface area (Å²) < 4.78 is 4.52. The molecule has 0 saturated carbocycles. The number of aliphatic imine (C=N–C) groups is 1. The first-order valence-electron chi connectivity index (χ1n) is 3.35. The normalized spacial score (nSPS) is 10.9. The smallest absolute Gasteiger partial charge is 0.213 e. The van der Waals surface area contributed by atoms with Gasteiger partial charge < -0.3 is 4.52 Å². The first-order chi connectivity index (χ1) is 6.36. The Morgan fingerprint density at radius 2 is 2.77 bits per heavy atom. The van der Waals surface area contributed by atoms with Crippen LogP contribution in [0, 0.1) is 11.5 Å². The van der Waals surface area contributed by atoms with Crippen LogP contribution < -0.4 is 5.32 Å². The van der Waals surface area contributed by atoms with Crippen molar-refractivity contribution in [1.29, 1.82) is 5.26 Å². The van der Waals surface area contributed by atoms with Crippen LogP contribution in [-0.2, 0) is 6.54 Å². The molecule has 0 radical (unpaired) electrons. The lowest BCUT2D eigenvalue weighted by molar-refractivity contribution is 0.410. The lowest BCUT2D eigenvalue weighted by Crippen LogP contribution is -2.13. The maximum Gasteiger partial charge on any atom is 0.213 e. The second-order valence-corrected chi connectivity index (χ2v) is 2.70. The molecule has 0 aliphatic carbocycles. The number of aromatic nitrogens is 2. The molecule has 1 aromatic rings. The number of rotatable bonds is 2. The number of amidine groups is 1. The van der Waals surface area contributed by atoms with E-state index in [0.717, 1.165) is 0 Å². The SMILES string of the molecule is CSC(=NCc1ncon1)NC#N. The molecule has 1 aromatic heterocycles. The van der Waals surface area contributed by atoms with E-state index in [-0.39, 0.29) is 0 Å². The van der Waals surface area contributed by atoms with Crippen LogP contribution in [0.3, 0.4) is 0 Å². The standard InChI is InChI=1S/C6H7N5OS/c1-13-6(9-3-7)8-2-5-10-4-12-11-5/h4H,2H2,1H3,(H,8,9). The number of nitriles is 1. The van der Waals surface area contributed by atoms with Gasteiger partial charge in [-0.25, -0.2) is 0 Å². The summed E-state index contributed by atoms with van der Waals surface area (Å²) in [6.45, 7) is 0.307. The van der Waals surface area contributed by atoms with Crippen molar-refractivity contribution < 1.29 is 4.52 Å². The number of thioether (sulfide) groups is 1. The third-order valence-corrected chi connectivity index (χ3v) is 1.75. The lowest BCUT2D eigenvalue weighted by atomic mass is 10.6. The molecule has 0 fully saturated rings. The van der Waals surface area contributed by atoms with Crippen molar-refractivity contribution in [2.45, 2.75) is 6.54 Å². The van der Waals surface area contributed by atoms with E-state index in [1.165, 1.54) is 18.2 Å². The fourth-order valence-corrected chi connectivity index (χ4v) is 0.949. The Morgan fingerprint density at radius 1 is 1.92 bits per heavy atom. The average Bonchev–Trinajstić information content (AvgIpc) is 2.64. The van der Waals surface area contributed by atoms with Crippen LogP contribution in [0.2, 0.25) is 0 Å². The predicted octanol–water partition coefficient (Wildman–Crippen LogP) is 0.359. The molecule has 0 aromatic carbocycles. The Balaban J connectivity index is 2.51. The number of nitrogens with zero attached hydrogens (tertiary/aromatic N) is 4. The van der Waals surface area contributed by atoms with Crippen LogP contribution in [0.25, 0.3) is 0 Å². The monoisotopic (exact) mass is 197 g/mol. The van der Waals surface area contributed by atoms with Crippen LogP contribution in [0.4, 0.5) is 0 Å². The van der Waals surface area contributed by atoms with E-state index in [9.17, 15) is 0 Å². The van der Waals surface area contributed by atoms with Crippen LogP contribution in [0.5, 0.6) is 0 Å². The topological polar surface area (TPSA) is 87.1 Å². The molecule has 0 spiro atoms. The summed E-state index contributed by atoms with van der Waals surface area (Å²) in [5.74, 6) is 0.492. The third-order valence-electron chi connectivity index (χ3n) is 1.13. The van der Waals surface area contributed by atoms with E-state index in [1.807, 2.05) is 6.26 Å². The summed E-state index contributed by atoms with van der Waals surface area (Å²) in [4.78, 5) is 7.81. The Labute approximate surface area is 79.0 Å².